The van der Waals surface area contributed by atoms with E-state index in [2.05, 4.69) is 10.7 Å². The van der Waals surface area contributed by atoms with Crippen molar-refractivity contribution in [1.82, 2.24) is 0 Å². The molecule has 5 heteroatoms. The van der Waals surface area contributed by atoms with E-state index in [1.54, 1.807) is 17.4 Å². The Kier molecular flexibility index (Phi) is 4.49. The maximum absolute atomic E-state index is 13.8. The molecule has 0 saturated carbocycles. The van der Waals surface area contributed by atoms with E-state index in [1.165, 1.54) is 11.6 Å². The van der Waals surface area contributed by atoms with E-state index in [0.29, 0.717) is 11.4 Å². The van der Waals surface area contributed by atoms with E-state index in [4.69, 9.17) is 10.5 Å². The zero-order valence-electron chi connectivity index (χ0n) is 11.8. The van der Waals surface area contributed by atoms with Gasteiger partial charge in [0.1, 0.15) is 0 Å². The van der Waals surface area contributed by atoms with Gasteiger partial charge in [0.2, 0.25) is 0 Å². The van der Waals surface area contributed by atoms with Crippen LogP contribution in [-0.4, -0.2) is 6.10 Å². The number of benzene rings is 1. The maximum Gasteiger partial charge on any atom is 0.167 e. The summed E-state index contributed by atoms with van der Waals surface area (Å²) in [6.45, 7) is 5.75. The highest BCUT2D eigenvalue weighted by Crippen LogP contribution is 2.31. The molecule has 1 aromatic carbocycles. The first-order valence-electron chi connectivity index (χ1n) is 6.51. The molecule has 0 aliphatic rings. The van der Waals surface area contributed by atoms with Gasteiger partial charge in [0, 0.05) is 18.2 Å². The minimum Gasteiger partial charge on any atom is -0.488 e. The zero-order chi connectivity index (χ0) is 14.7. The van der Waals surface area contributed by atoms with Crippen molar-refractivity contribution in [1.29, 1.82) is 0 Å². The van der Waals surface area contributed by atoms with Crippen LogP contribution in [0.2, 0.25) is 0 Å². The molecule has 3 nitrogen and oxygen atoms in total. The lowest BCUT2D eigenvalue weighted by Gasteiger charge is -2.18. The van der Waals surface area contributed by atoms with Crippen molar-refractivity contribution in [2.24, 2.45) is 0 Å². The molecular weight excluding hydrogens is 275 g/mol. The zero-order valence-corrected chi connectivity index (χ0v) is 12.6. The van der Waals surface area contributed by atoms with Gasteiger partial charge in [0.25, 0.3) is 0 Å². The summed E-state index contributed by atoms with van der Waals surface area (Å²) in [6, 6.07) is 5.06. The monoisotopic (exact) mass is 294 g/mol. The number of nitrogens with two attached hydrogens (primary N) is 1. The first kappa shape index (κ1) is 14.7. The molecule has 0 saturated heterocycles. The van der Waals surface area contributed by atoms with Crippen LogP contribution in [0.3, 0.4) is 0 Å². The van der Waals surface area contributed by atoms with Crippen LogP contribution in [0.1, 0.15) is 32.4 Å². The molecule has 0 radical (unpaired) electrons. The molecule has 0 amide bonds. The van der Waals surface area contributed by atoms with Crippen LogP contribution in [0.25, 0.3) is 0 Å². The quantitative estimate of drug-likeness (QED) is 0.802. The number of anilines is 2. The summed E-state index contributed by atoms with van der Waals surface area (Å²) in [5.74, 6) is -0.223. The molecule has 1 unspecified atom stereocenters. The second-order valence-electron chi connectivity index (χ2n) is 4.96. The van der Waals surface area contributed by atoms with Crippen molar-refractivity contribution >= 4 is 22.7 Å². The number of ether oxygens (including phenoxy) is 1. The summed E-state index contributed by atoms with van der Waals surface area (Å²) >= 11 is 1.64. The Morgan fingerprint density at radius 2 is 2.05 bits per heavy atom. The fourth-order valence-electron chi connectivity index (χ4n) is 1.88. The van der Waals surface area contributed by atoms with E-state index in [0.717, 1.165) is 0 Å². The van der Waals surface area contributed by atoms with Gasteiger partial charge >= 0.3 is 0 Å². The first-order chi connectivity index (χ1) is 9.47. The molecule has 108 valence electrons. The van der Waals surface area contributed by atoms with Crippen LogP contribution < -0.4 is 15.8 Å². The van der Waals surface area contributed by atoms with Gasteiger partial charge in [-0.2, -0.15) is 11.3 Å². The highest BCUT2D eigenvalue weighted by Gasteiger charge is 2.13. The van der Waals surface area contributed by atoms with E-state index in [-0.39, 0.29) is 17.9 Å². The van der Waals surface area contributed by atoms with Crippen molar-refractivity contribution in [3.05, 3.63) is 40.3 Å². The minimum atomic E-state index is -0.440. The van der Waals surface area contributed by atoms with Gasteiger partial charge in [-0.3, -0.25) is 0 Å². The molecular formula is C15H19FN2OS. The van der Waals surface area contributed by atoms with Crippen molar-refractivity contribution in [3.8, 4) is 5.75 Å². The van der Waals surface area contributed by atoms with Gasteiger partial charge in [0.15, 0.2) is 11.6 Å². The van der Waals surface area contributed by atoms with Gasteiger partial charge < -0.3 is 15.8 Å². The van der Waals surface area contributed by atoms with Gasteiger partial charge in [-0.25, -0.2) is 4.39 Å². The van der Waals surface area contributed by atoms with Crippen molar-refractivity contribution in [2.75, 3.05) is 11.1 Å². The fourth-order valence-corrected chi connectivity index (χ4v) is 2.63. The molecule has 1 heterocycles. The average Bonchev–Trinajstić information content (AvgIpc) is 2.88. The van der Waals surface area contributed by atoms with Crippen molar-refractivity contribution in [3.63, 3.8) is 0 Å². The smallest absolute Gasteiger partial charge is 0.167 e. The molecule has 2 aromatic rings. The predicted molar refractivity (Wildman–Crippen MR) is 82.9 cm³/mol. The van der Waals surface area contributed by atoms with Crippen LogP contribution in [0, 0.1) is 5.82 Å². The summed E-state index contributed by atoms with van der Waals surface area (Å²) in [5.41, 5.74) is 8.10. The normalized spacial score (nSPS) is 12.4. The van der Waals surface area contributed by atoms with Gasteiger partial charge in [-0.15, -0.1) is 0 Å². The third-order valence-corrected chi connectivity index (χ3v) is 3.58. The number of halogens is 1. The third-order valence-electron chi connectivity index (χ3n) is 2.88. The fraction of sp³-hybridized carbons (Fsp3) is 0.333. The standard InChI is InChI=1S/C15H19FN2OS/c1-9(2)19-15-7-14(13(17)6-12(15)16)18-10(3)11-4-5-20-8-11/h4-10,18H,17H2,1-3H3. The Morgan fingerprint density at radius 1 is 1.30 bits per heavy atom. The molecule has 0 fully saturated rings. The number of thiophene rings is 1. The average molecular weight is 294 g/mol. The summed E-state index contributed by atoms with van der Waals surface area (Å²) in [6.07, 6.45) is -0.0877. The lowest BCUT2D eigenvalue weighted by molar-refractivity contribution is 0.231. The highest BCUT2D eigenvalue weighted by molar-refractivity contribution is 7.07. The highest BCUT2D eigenvalue weighted by atomic mass is 32.1. The largest absolute Gasteiger partial charge is 0.488 e. The van der Waals surface area contributed by atoms with Crippen LogP contribution in [0.5, 0.6) is 5.75 Å². The first-order valence-corrected chi connectivity index (χ1v) is 7.46. The number of rotatable bonds is 5. The van der Waals surface area contributed by atoms with E-state index >= 15 is 0 Å². The lowest BCUT2D eigenvalue weighted by Crippen LogP contribution is -2.11. The Labute approximate surface area is 122 Å². The summed E-state index contributed by atoms with van der Waals surface area (Å²) in [4.78, 5) is 0. The lowest BCUT2D eigenvalue weighted by atomic mass is 10.1. The maximum atomic E-state index is 13.8. The van der Waals surface area contributed by atoms with Crippen LogP contribution in [0.4, 0.5) is 15.8 Å². The number of hydrogen-bond acceptors (Lipinski definition) is 4. The van der Waals surface area contributed by atoms with Crippen LogP contribution in [-0.2, 0) is 0 Å². The Balaban J connectivity index is 2.22. The minimum absolute atomic E-state index is 0.0877. The molecule has 0 bridgehead atoms. The molecule has 0 aliphatic carbocycles. The Morgan fingerprint density at radius 3 is 2.65 bits per heavy atom. The second kappa shape index (κ2) is 6.13. The van der Waals surface area contributed by atoms with Gasteiger partial charge in [0.05, 0.1) is 17.5 Å². The van der Waals surface area contributed by atoms with Gasteiger partial charge in [-0.05, 0) is 43.2 Å². The van der Waals surface area contributed by atoms with Crippen molar-refractivity contribution < 1.29 is 9.13 Å². The molecule has 3 N–H and O–H groups in total. The number of nitrogens with one attached hydrogen (secondary N) is 1. The topological polar surface area (TPSA) is 47.3 Å². The van der Waals surface area contributed by atoms with Crippen LogP contribution in [0.15, 0.2) is 29.0 Å². The molecule has 2 rings (SSSR count). The molecule has 1 atom stereocenters. The Hall–Kier alpha value is -1.75. The third kappa shape index (κ3) is 3.42. The van der Waals surface area contributed by atoms with Crippen molar-refractivity contribution in [2.45, 2.75) is 32.9 Å². The SMILES string of the molecule is CC(C)Oc1cc(NC(C)c2ccsc2)c(N)cc1F. The van der Waals surface area contributed by atoms with E-state index in [9.17, 15) is 4.39 Å². The summed E-state index contributed by atoms with van der Waals surface area (Å²) < 4.78 is 19.2. The molecule has 0 aliphatic heterocycles. The molecule has 1 aromatic heterocycles. The summed E-state index contributed by atoms with van der Waals surface area (Å²) in [7, 11) is 0. The number of hydrogen-bond donors (Lipinski definition) is 2. The summed E-state index contributed by atoms with van der Waals surface area (Å²) in [5, 5.41) is 7.38. The van der Waals surface area contributed by atoms with E-state index in [1.807, 2.05) is 32.2 Å². The molecule has 20 heavy (non-hydrogen) atoms. The van der Waals surface area contributed by atoms with Gasteiger partial charge in [-0.1, -0.05) is 0 Å². The Bertz CT molecular complexity index is 570. The van der Waals surface area contributed by atoms with E-state index < -0.39 is 5.82 Å². The van der Waals surface area contributed by atoms with Crippen LogP contribution >= 0.6 is 11.3 Å². The molecule has 0 spiro atoms. The second-order valence-corrected chi connectivity index (χ2v) is 5.74. The predicted octanol–water partition coefficient (Wildman–Crippen LogP) is 4.43. The number of nitrogen functional groups attached to an aromatic ring is 1.